The minimum absolute atomic E-state index is 0.0467. The summed E-state index contributed by atoms with van der Waals surface area (Å²) in [4.78, 5) is 10.3. The van der Waals surface area contributed by atoms with Gasteiger partial charge in [0.25, 0.3) is 5.69 Å². The Kier molecular flexibility index (Phi) is 5.97. The van der Waals surface area contributed by atoms with Crippen molar-refractivity contribution in [2.75, 3.05) is 19.0 Å². The molecule has 0 saturated carbocycles. The lowest BCUT2D eigenvalue weighted by atomic mass is 10.2. The highest BCUT2D eigenvalue weighted by molar-refractivity contribution is 5.55. The van der Waals surface area contributed by atoms with Gasteiger partial charge in [-0.1, -0.05) is 26.2 Å². The zero-order chi connectivity index (χ0) is 13.4. The van der Waals surface area contributed by atoms with Gasteiger partial charge in [-0.15, -0.1) is 0 Å². The van der Waals surface area contributed by atoms with Gasteiger partial charge in [-0.05, 0) is 6.42 Å². The maximum Gasteiger partial charge on any atom is 0.275 e. The summed E-state index contributed by atoms with van der Waals surface area (Å²) in [5.74, 6) is 0.546. The van der Waals surface area contributed by atoms with Gasteiger partial charge >= 0.3 is 0 Å². The van der Waals surface area contributed by atoms with Gasteiger partial charge in [0.05, 0.1) is 17.6 Å². The van der Waals surface area contributed by atoms with Crippen LogP contribution in [-0.2, 0) is 0 Å². The predicted octanol–water partition coefficient (Wildman–Crippen LogP) is 3.60. The number of ether oxygens (including phenoxy) is 1. The molecule has 0 aliphatic carbocycles. The van der Waals surface area contributed by atoms with Crippen molar-refractivity contribution >= 4 is 11.4 Å². The first-order valence-electron chi connectivity index (χ1n) is 6.27. The van der Waals surface area contributed by atoms with Crippen LogP contribution in [0, 0.1) is 10.1 Å². The van der Waals surface area contributed by atoms with E-state index < -0.39 is 4.92 Å². The van der Waals surface area contributed by atoms with Crippen molar-refractivity contribution < 1.29 is 9.66 Å². The van der Waals surface area contributed by atoms with E-state index in [1.807, 2.05) is 0 Å². The van der Waals surface area contributed by atoms with Gasteiger partial charge in [-0.25, -0.2) is 0 Å². The van der Waals surface area contributed by atoms with Gasteiger partial charge in [0.1, 0.15) is 5.75 Å². The summed E-state index contributed by atoms with van der Waals surface area (Å²) in [6, 6.07) is 4.72. The highest BCUT2D eigenvalue weighted by Crippen LogP contribution is 2.25. The van der Waals surface area contributed by atoms with Crippen LogP contribution in [0.2, 0.25) is 0 Å². The minimum atomic E-state index is -0.412. The quantitative estimate of drug-likeness (QED) is 0.436. The van der Waals surface area contributed by atoms with Crippen molar-refractivity contribution in [1.82, 2.24) is 0 Å². The van der Waals surface area contributed by atoms with Crippen LogP contribution in [0.15, 0.2) is 18.2 Å². The maximum atomic E-state index is 10.8. The molecule has 18 heavy (non-hydrogen) atoms. The summed E-state index contributed by atoms with van der Waals surface area (Å²) >= 11 is 0. The number of nitro groups is 1. The van der Waals surface area contributed by atoms with E-state index in [2.05, 4.69) is 12.2 Å². The van der Waals surface area contributed by atoms with Gasteiger partial charge in [-0.3, -0.25) is 10.1 Å². The van der Waals surface area contributed by atoms with Crippen molar-refractivity contribution in [3.05, 3.63) is 28.3 Å². The monoisotopic (exact) mass is 252 g/mol. The van der Waals surface area contributed by atoms with Gasteiger partial charge in [0.2, 0.25) is 0 Å². The molecule has 0 aliphatic heterocycles. The summed E-state index contributed by atoms with van der Waals surface area (Å²) in [7, 11) is 1.73. The van der Waals surface area contributed by atoms with Crippen molar-refractivity contribution in [3.63, 3.8) is 0 Å². The van der Waals surface area contributed by atoms with Crippen LogP contribution in [-0.4, -0.2) is 18.6 Å². The maximum absolute atomic E-state index is 10.8. The number of nitro benzene ring substituents is 1. The van der Waals surface area contributed by atoms with Crippen LogP contribution in [0.25, 0.3) is 0 Å². The van der Waals surface area contributed by atoms with E-state index in [1.54, 1.807) is 13.1 Å². The largest absolute Gasteiger partial charge is 0.493 e. The second-order valence-corrected chi connectivity index (χ2v) is 4.13. The Labute approximate surface area is 107 Å². The fourth-order valence-corrected chi connectivity index (χ4v) is 1.64. The van der Waals surface area contributed by atoms with Crippen LogP contribution in [0.4, 0.5) is 11.4 Å². The number of benzene rings is 1. The smallest absolute Gasteiger partial charge is 0.275 e. The minimum Gasteiger partial charge on any atom is -0.493 e. The fraction of sp³-hybridized carbons (Fsp3) is 0.538. The number of anilines is 1. The number of unbranched alkanes of at least 4 members (excludes halogenated alkanes) is 3. The molecule has 0 saturated heterocycles. The standard InChI is InChI=1S/C13H20N2O3/c1-3-4-5-6-7-18-13-9-11(14-2)8-12(10-13)15(16)17/h8-10,14H,3-7H2,1-2H3. The number of non-ortho nitro benzene ring substituents is 1. The molecule has 0 bridgehead atoms. The molecule has 0 atom stereocenters. The molecule has 0 radical (unpaired) electrons. The molecule has 1 N–H and O–H groups in total. The average Bonchev–Trinajstić information content (AvgIpc) is 2.38. The second kappa shape index (κ2) is 7.53. The van der Waals surface area contributed by atoms with E-state index in [1.165, 1.54) is 25.0 Å². The molecule has 1 rings (SSSR count). The van der Waals surface area contributed by atoms with Crippen molar-refractivity contribution in [3.8, 4) is 5.75 Å². The van der Waals surface area contributed by atoms with Gasteiger partial charge in [-0.2, -0.15) is 0 Å². The van der Waals surface area contributed by atoms with E-state index in [4.69, 9.17) is 4.74 Å². The van der Waals surface area contributed by atoms with Crippen molar-refractivity contribution in [2.45, 2.75) is 32.6 Å². The van der Waals surface area contributed by atoms with Gasteiger partial charge in [0, 0.05) is 24.9 Å². The van der Waals surface area contributed by atoms with Crippen LogP contribution in [0.3, 0.4) is 0 Å². The van der Waals surface area contributed by atoms with Crippen LogP contribution >= 0.6 is 0 Å². The molecule has 0 aromatic heterocycles. The third-order valence-corrected chi connectivity index (χ3v) is 2.66. The van der Waals surface area contributed by atoms with E-state index in [9.17, 15) is 10.1 Å². The normalized spacial score (nSPS) is 10.1. The highest BCUT2D eigenvalue weighted by Gasteiger charge is 2.09. The number of nitrogens with zero attached hydrogens (tertiary/aromatic N) is 1. The third-order valence-electron chi connectivity index (χ3n) is 2.66. The van der Waals surface area contributed by atoms with E-state index in [-0.39, 0.29) is 5.69 Å². The van der Waals surface area contributed by atoms with Crippen LogP contribution in [0.1, 0.15) is 32.6 Å². The summed E-state index contributed by atoms with van der Waals surface area (Å²) in [6.07, 6.45) is 4.48. The van der Waals surface area contributed by atoms with E-state index in [0.29, 0.717) is 18.0 Å². The van der Waals surface area contributed by atoms with Crippen LogP contribution < -0.4 is 10.1 Å². The summed E-state index contributed by atoms with van der Waals surface area (Å²) < 4.78 is 5.54. The Morgan fingerprint density at radius 1 is 1.28 bits per heavy atom. The molecule has 0 heterocycles. The van der Waals surface area contributed by atoms with Gasteiger partial charge < -0.3 is 10.1 Å². The molecule has 100 valence electrons. The molecule has 0 unspecified atom stereocenters. The van der Waals surface area contributed by atoms with Gasteiger partial charge in [0.15, 0.2) is 0 Å². The number of hydrogen-bond acceptors (Lipinski definition) is 4. The van der Waals surface area contributed by atoms with E-state index in [0.717, 1.165) is 12.8 Å². The topological polar surface area (TPSA) is 64.4 Å². The first-order chi connectivity index (χ1) is 8.67. The molecular weight excluding hydrogens is 232 g/mol. The number of rotatable bonds is 8. The summed E-state index contributed by atoms with van der Waals surface area (Å²) in [5.41, 5.74) is 0.734. The van der Waals surface area contributed by atoms with Crippen molar-refractivity contribution in [1.29, 1.82) is 0 Å². The summed E-state index contributed by atoms with van der Waals surface area (Å²) in [5, 5.41) is 13.6. The molecular formula is C13H20N2O3. The molecule has 0 spiro atoms. The molecule has 0 aliphatic rings. The summed E-state index contributed by atoms with van der Waals surface area (Å²) in [6.45, 7) is 2.75. The number of nitrogens with one attached hydrogen (secondary N) is 1. The Morgan fingerprint density at radius 3 is 2.67 bits per heavy atom. The van der Waals surface area contributed by atoms with E-state index >= 15 is 0 Å². The zero-order valence-corrected chi connectivity index (χ0v) is 10.9. The Bertz CT molecular complexity index is 394. The molecule has 1 aromatic rings. The SMILES string of the molecule is CCCCCCOc1cc(NC)cc([N+](=O)[O-])c1. The molecule has 5 nitrogen and oxygen atoms in total. The Hall–Kier alpha value is -1.78. The number of hydrogen-bond donors (Lipinski definition) is 1. The lowest BCUT2D eigenvalue weighted by Crippen LogP contribution is -1.99. The molecule has 1 aromatic carbocycles. The lowest BCUT2D eigenvalue weighted by Gasteiger charge is -2.08. The van der Waals surface area contributed by atoms with Crippen molar-refractivity contribution in [2.24, 2.45) is 0 Å². The highest BCUT2D eigenvalue weighted by atomic mass is 16.6. The fourth-order valence-electron chi connectivity index (χ4n) is 1.64. The third kappa shape index (κ3) is 4.61. The first-order valence-corrected chi connectivity index (χ1v) is 6.27. The molecule has 0 amide bonds. The second-order valence-electron chi connectivity index (χ2n) is 4.13. The molecule has 0 fully saturated rings. The average molecular weight is 252 g/mol. The Balaban J connectivity index is 2.58. The Morgan fingerprint density at radius 2 is 2.06 bits per heavy atom. The van der Waals surface area contributed by atoms with Crippen LogP contribution in [0.5, 0.6) is 5.75 Å². The molecule has 5 heteroatoms. The lowest BCUT2D eigenvalue weighted by molar-refractivity contribution is -0.384. The zero-order valence-electron chi connectivity index (χ0n) is 10.9. The first kappa shape index (κ1) is 14.3. The predicted molar refractivity (Wildman–Crippen MR) is 72.3 cm³/mol.